The number of rotatable bonds is 4. The number of hydrogen-bond acceptors (Lipinski definition) is 5. The molecule has 4 rings (SSSR count). The summed E-state index contributed by atoms with van der Waals surface area (Å²) in [4.78, 5) is 31.5. The molecule has 1 aromatic heterocycles. The standard InChI is InChI=1S/C22H22N2O4S/c1-14-10-11-18(28-14)13-19-20(25)24(17-8-3-2-4-9-17)22(29-19)23-16-7-5-6-15(12-16)21(26)27/h5-7,10-13,17H,2-4,8-9H2,1H3,(H,26,27)/b19-13+,23-22?. The van der Waals surface area contributed by atoms with Crippen molar-refractivity contribution < 1.29 is 19.1 Å². The van der Waals surface area contributed by atoms with Crippen LogP contribution >= 0.6 is 11.8 Å². The van der Waals surface area contributed by atoms with E-state index in [0.717, 1.165) is 31.4 Å². The number of amides is 1. The van der Waals surface area contributed by atoms with Crippen LogP contribution in [0, 0.1) is 6.92 Å². The molecule has 2 aromatic rings. The SMILES string of the molecule is Cc1ccc(/C=C2/SC(=Nc3cccc(C(=O)O)c3)N(C3CCCCC3)C2=O)o1. The predicted octanol–water partition coefficient (Wildman–Crippen LogP) is 5.22. The van der Waals surface area contributed by atoms with E-state index >= 15 is 0 Å². The lowest BCUT2D eigenvalue weighted by Crippen LogP contribution is -2.40. The summed E-state index contributed by atoms with van der Waals surface area (Å²) in [5.74, 6) is 0.357. The summed E-state index contributed by atoms with van der Waals surface area (Å²) in [6, 6.07) is 10.3. The zero-order valence-corrected chi connectivity index (χ0v) is 16.9. The third-order valence-corrected chi connectivity index (χ3v) is 6.11. The van der Waals surface area contributed by atoms with Crippen molar-refractivity contribution in [3.8, 4) is 0 Å². The molecule has 2 aliphatic rings. The molecule has 1 N–H and O–H groups in total. The van der Waals surface area contributed by atoms with Crippen molar-refractivity contribution in [3.05, 3.63) is 58.4 Å². The topological polar surface area (TPSA) is 83.1 Å². The maximum Gasteiger partial charge on any atom is 0.335 e. The molecular weight excluding hydrogens is 388 g/mol. The Morgan fingerprint density at radius 1 is 1.24 bits per heavy atom. The summed E-state index contributed by atoms with van der Waals surface area (Å²) in [7, 11) is 0. The highest BCUT2D eigenvalue weighted by atomic mass is 32.2. The Hall–Kier alpha value is -2.80. The Kier molecular flexibility index (Phi) is 5.58. The van der Waals surface area contributed by atoms with Gasteiger partial charge in [0.05, 0.1) is 16.2 Å². The van der Waals surface area contributed by atoms with E-state index in [9.17, 15) is 14.7 Å². The van der Waals surface area contributed by atoms with Crippen molar-refractivity contribution in [2.45, 2.75) is 45.1 Å². The number of amidine groups is 1. The smallest absolute Gasteiger partial charge is 0.335 e. The highest BCUT2D eigenvalue weighted by Gasteiger charge is 2.38. The van der Waals surface area contributed by atoms with Crippen LogP contribution in [0.1, 0.15) is 54.0 Å². The van der Waals surface area contributed by atoms with E-state index in [4.69, 9.17) is 4.42 Å². The van der Waals surface area contributed by atoms with Crippen LogP contribution < -0.4 is 0 Å². The van der Waals surface area contributed by atoms with E-state index < -0.39 is 5.97 Å². The number of carbonyl (C=O) groups is 2. The molecule has 1 aliphatic heterocycles. The predicted molar refractivity (Wildman–Crippen MR) is 113 cm³/mol. The first-order valence-corrected chi connectivity index (χ1v) is 10.5. The van der Waals surface area contributed by atoms with E-state index in [1.165, 1.54) is 30.3 Å². The fraction of sp³-hybridized carbons (Fsp3) is 0.318. The van der Waals surface area contributed by atoms with Crippen LogP contribution in [0.15, 0.2) is 50.7 Å². The fourth-order valence-corrected chi connectivity index (χ4v) is 4.74. The van der Waals surface area contributed by atoms with Gasteiger partial charge in [-0.25, -0.2) is 9.79 Å². The number of carboxylic acids is 1. The van der Waals surface area contributed by atoms with Gasteiger partial charge in [0.1, 0.15) is 11.5 Å². The Balaban J connectivity index is 1.71. The molecule has 1 aromatic carbocycles. The van der Waals surface area contributed by atoms with Crippen LogP contribution in [-0.2, 0) is 4.79 Å². The minimum absolute atomic E-state index is 0.0657. The Bertz CT molecular complexity index is 1000. The molecule has 150 valence electrons. The van der Waals surface area contributed by atoms with E-state index in [2.05, 4.69) is 4.99 Å². The number of nitrogens with zero attached hydrogens (tertiary/aromatic N) is 2. The molecule has 29 heavy (non-hydrogen) atoms. The van der Waals surface area contributed by atoms with Gasteiger partial charge in [0, 0.05) is 12.1 Å². The average Bonchev–Trinajstić information content (AvgIpc) is 3.26. The second-order valence-corrected chi connectivity index (χ2v) is 8.29. The Labute approximate surface area is 173 Å². The number of thioether (sulfide) groups is 1. The molecule has 0 spiro atoms. The molecule has 2 fully saturated rings. The first-order chi connectivity index (χ1) is 14.0. The Morgan fingerprint density at radius 2 is 2.03 bits per heavy atom. The van der Waals surface area contributed by atoms with Crippen LogP contribution in [0.25, 0.3) is 6.08 Å². The largest absolute Gasteiger partial charge is 0.478 e. The van der Waals surface area contributed by atoms with Gasteiger partial charge < -0.3 is 9.52 Å². The van der Waals surface area contributed by atoms with E-state index in [1.807, 2.05) is 19.1 Å². The van der Waals surface area contributed by atoms with Crippen LogP contribution in [0.2, 0.25) is 0 Å². The zero-order chi connectivity index (χ0) is 20.4. The molecule has 7 heteroatoms. The monoisotopic (exact) mass is 410 g/mol. The van der Waals surface area contributed by atoms with Crippen molar-refractivity contribution in [2.75, 3.05) is 0 Å². The highest BCUT2D eigenvalue weighted by Crippen LogP contribution is 2.38. The third-order valence-electron chi connectivity index (χ3n) is 5.13. The number of aryl methyl sites for hydroxylation is 1. The summed E-state index contributed by atoms with van der Waals surface area (Å²) in [5.41, 5.74) is 0.698. The number of aromatic carboxylic acids is 1. The highest BCUT2D eigenvalue weighted by molar-refractivity contribution is 8.18. The second-order valence-electron chi connectivity index (χ2n) is 7.28. The van der Waals surface area contributed by atoms with Gasteiger partial charge in [-0.3, -0.25) is 9.69 Å². The van der Waals surface area contributed by atoms with Gasteiger partial charge in [-0.2, -0.15) is 0 Å². The van der Waals surface area contributed by atoms with E-state index in [-0.39, 0.29) is 17.5 Å². The molecule has 0 unspecified atom stereocenters. The molecule has 1 amide bonds. The molecule has 1 saturated carbocycles. The van der Waals surface area contributed by atoms with E-state index in [1.54, 1.807) is 23.1 Å². The lowest BCUT2D eigenvalue weighted by Gasteiger charge is -2.30. The van der Waals surface area contributed by atoms with Gasteiger partial charge in [0.25, 0.3) is 5.91 Å². The summed E-state index contributed by atoms with van der Waals surface area (Å²) in [5, 5.41) is 9.83. The van der Waals surface area contributed by atoms with Gasteiger partial charge in [0.15, 0.2) is 5.17 Å². The zero-order valence-electron chi connectivity index (χ0n) is 16.1. The molecule has 1 saturated heterocycles. The lowest BCUT2D eigenvalue weighted by molar-refractivity contribution is -0.124. The Morgan fingerprint density at radius 3 is 2.72 bits per heavy atom. The number of carboxylic acid groups (broad SMARTS) is 1. The molecule has 1 aliphatic carbocycles. The van der Waals surface area contributed by atoms with Crippen molar-refractivity contribution in [1.29, 1.82) is 0 Å². The normalized spacial score (nSPS) is 20.7. The molecule has 6 nitrogen and oxygen atoms in total. The van der Waals surface area contributed by atoms with Crippen molar-refractivity contribution in [2.24, 2.45) is 4.99 Å². The summed E-state index contributed by atoms with van der Waals surface area (Å²) in [6.45, 7) is 1.86. The molecule has 0 bridgehead atoms. The molecular formula is C22H22N2O4S. The molecule has 0 atom stereocenters. The molecule has 0 radical (unpaired) electrons. The second kappa shape index (κ2) is 8.29. The number of carbonyl (C=O) groups excluding carboxylic acids is 1. The minimum atomic E-state index is -1.000. The summed E-state index contributed by atoms with van der Waals surface area (Å²) >= 11 is 1.31. The van der Waals surface area contributed by atoms with Crippen LogP contribution in [-0.4, -0.2) is 33.1 Å². The van der Waals surface area contributed by atoms with E-state index in [0.29, 0.717) is 21.5 Å². The van der Waals surface area contributed by atoms with Crippen LogP contribution in [0.4, 0.5) is 5.69 Å². The fourth-order valence-electron chi connectivity index (χ4n) is 3.71. The van der Waals surface area contributed by atoms with Crippen molar-refractivity contribution in [1.82, 2.24) is 4.90 Å². The van der Waals surface area contributed by atoms with Crippen molar-refractivity contribution in [3.63, 3.8) is 0 Å². The first kappa shape index (κ1) is 19.5. The average molecular weight is 410 g/mol. The van der Waals surface area contributed by atoms with Crippen LogP contribution in [0.3, 0.4) is 0 Å². The quantitative estimate of drug-likeness (QED) is 0.699. The number of hydrogen-bond donors (Lipinski definition) is 1. The van der Waals surface area contributed by atoms with Gasteiger partial charge in [-0.05, 0) is 61.9 Å². The number of furan rings is 1. The van der Waals surface area contributed by atoms with Gasteiger partial charge in [-0.1, -0.05) is 25.3 Å². The number of aliphatic imine (C=N–C) groups is 1. The van der Waals surface area contributed by atoms with Crippen LogP contribution in [0.5, 0.6) is 0 Å². The first-order valence-electron chi connectivity index (χ1n) is 9.73. The van der Waals surface area contributed by atoms with Gasteiger partial charge >= 0.3 is 5.97 Å². The number of benzene rings is 1. The van der Waals surface area contributed by atoms with Crippen molar-refractivity contribution >= 4 is 40.6 Å². The minimum Gasteiger partial charge on any atom is -0.478 e. The summed E-state index contributed by atoms with van der Waals surface area (Å²) in [6.07, 6.45) is 7.04. The lowest BCUT2D eigenvalue weighted by atomic mass is 9.94. The third kappa shape index (κ3) is 4.29. The molecule has 2 heterocycles. The summed E-state index contributed by atoms with van der Waals surface area (Å²) < 4.78 is 5.60. The van der Waals surface area contributed by atoms with Gasteiger partial charge in [0.2, 0.25) is 0 Å². The maximum absolute atomic E-state index is 13.2. The van der Waals surface area contributed by atoms with Gasteiger partial charge in [-0.15, -0.1) is 0 Å². The maximum atomic E-state index is 13.2.